The minimum atomic E-state index is -1.07. The zero-order valence-corrected chi connectivity index (χ0v) is 19.0. The van der Waals surface area contributed by atoms with Crippen LogP contribution in [-0.2, 0) is 11.3 Å². The van der Waals surface area contributed by atoms with Gasteiger partial charge in [-0.05, 0) is 52.9 Å². The number of aliphatic hydroxyl groups is 1. The van der Waals surface area contributed by atoms with Crippen molar-refractivity contribution >= 4 is 0 Å². The summed E-state index contributed by atoms with van der Waals surface area (Å²) in [5.74, 6) is -2.58. The molecule has 1 N–H and O–H groups in total. The summed E-state index contributed by atoms with van der Waals surface area (Å²) in [5, 5.41) is 9.62. The lowest BCUT2D eigenvalue weighted by Crippen LogP contribution is -2.00. The summed E-state index contributed by atoms with van der Waals surface area (Å²) in [6.07, 6.45) is -0.648. The maximum absolute atomic E-state index is 14.7. The van der Waals surface area contributed by atoms with E-state index < -0.39 is 17.7 Å². The highest BCUT2D eigenvalue weighted by Crippen LogP contribution is 2.34. The summed E-state index contributed by atoms with van der Waals surface area (Å²) in [5.41, 5.74) is 4.04. The Morgan fingerprint density at radius 3 is 2.11 bits per heavy atom. The molecule has 0 saturated carbocycles. The van der Waals surface area contributed by atoms with Gasteiger partial charge in [-0.25, -0.2) is 8.78 Å². The molecule has 35 heavy (non-hydrogen) atoms. The first-order valence-electron chi connectivity index (χ1n) is 11.3. The van der Waals surface area contributed by atoms with Crippen LogP contribution < -0.4 is 4.74 Å². The van der Waals surface area contributed by atoms with Crippen LogP contribution in [0.4, 0.5) is 13.2 Å². The fourth-order valence-electron chi connectivity index (χ4n) is 3.96. The van der Waals surface area contributed by atoms with E-state index in [9.17, 15) is 18.3 Å². The maximum Gasteiger partial charge on any atom is 0.201 e. The quantitative estimate of drug-likeness (QED) is 0.288. The molecule has 4 aromatic carbocycles. The van der Waals surface area contributed by atoms with Crippen molar-refractivity contribution in [3.8, 4) is 28.0 Å². The highest BCUT2D eigenvalue weighted by molar-refractivity contribution is 5.66. The molecule has 0 radical (unpaired) electrons. The zero-order valence-electron chi connectivity index (χ0n) is 19.0. The third-order valence-corrected chi connectivity index (χ3v) is 6.11. The Hall–Kier alpha value is -3.61. The van der Waals surface area contributed by atoms with Crippen molar-refractivity contribution in [2.24, 2.45) is 0 Å². The molecular weight excluding hydrogens is 453 g/mol. The molecule has 0 bridgehead atoms. The van der Waals surface area contributed by atoms with Crippen LogP contribution in [0.1, 0.15) is 35.8 Å². The molecule has 1 fully saturated rings. The number of rotatable bonds is 7. The molecule has 1 saturated heterocycles. The summed E-state index contributed by atoms with van der Waals surface area (Å²) in [6, 6.07) is 21.6. The molecule has 1 aliphatic heterocycles. The smallest absolute Gasteiger partial charge is 0.201 e. The van der Waals surface area contributed by atoms with E-state index in [-0.39, 0.29) is 29.8 Å². The average molecular weight is 476 g/mol. The van der Waals surface area contributed by atoms with Crippen LogP contribution in [0.15, 0.2) is 78.9 Å². The molecule has 3 nitrogen and oxygen atoms in total. The molecule has 0 spiro atoms. The number of benzene rings is 4. The Kier molecular flexibility index (Phi) is 6.32. The summed E-state index contributed by atoms with van der Waals surface area (Å²) in [6.45, 7) is 2.28. The Bertz CT molecular complexity index is 1350. The summed E-state index contributed by atoms with van der Waals surface area (Å²) in [4.78, 5) is 0. The van der Waals surface area contributed by atoms with Crippen LogP contribution in [0.25, 0.3) is 22.3 Å². The van der Waals surface area contributed by atoms with Crippen molar-refractivity contribution in [3.63, 3.8) is 0 Å². The van der Waals surface area contributed by atoms with E-state index in [0.717, 1.165) is 11.1 Å². The second-order valence-electron chi connectivity index (χ2n) is 8.58. The third-order valence-electron chi connectivity index (χ3n) is 6.11. The van der Waals surface area contributed by atoms with Crippen molar-refractivity contribution in [1.82, 2.24) is 0 Å². The second kappa shape index (κ2) is 9.56. The molecule has 1 aliphatic rings. The number of ether oxygens (including phenoxy) is 2. The minimum absolute atomic E-state index is 0.00648. The van der Waals surface area contributed by atoms with Crippen LogP contribution in [0, 0.1) is 17.5 Å². The van der Waals surface area contributed by atoms with Crippen LogP contribution in [0.3, 0.4) is 0 Å². The molecule has 0 amide bonds. The first kappa shape index (κ1) is 23.1. The van der Waals surface area contributed by atoms with Gasteiger partial charge >= 0.3 is 0 Å². The van der Waals surface area contributed by atoms with Crippen LogP contribution in [-0.4, -0.2) is 11.7 Å². The SMILES string of the molecule is CC(O)c1ccc(-c2ccc(OCc3ccc(-c4ccc(C5CO5)cc4F)cc3)c(F)c2F)cc1. The standard InChI is InChI=1S/C29H23F3O3/c1-17(33)19-6-8-21(9-7-19)24-12-13-26(29(32)28(24)31)34-15-18-2-4-20(5-3-18)23-11-10-22(14-25(23)30)27-16-35-27/h2-14,17,27,33H,15-16H2,1H3. The Balaban J connectivity index is 1.27. The fraction of sp³-hybridized carbons (Fsp3) is 0.172. The van der Waals surface area contributed by atoms with Gasteiger partial charge in [0.2, 0.25) is 5.82 Å². The Labute approximate surface area is 201 Å². The second-order valence-corrected chi connectivity index (χ2v) is 8.58. The fourth-order valence-corrected chi connectivity index (χ4v) is 3.96. The van der Waals surface area contributed by atoms with Gasteiger partial charge in [-0.1, -0.05) is 60.7 Å². The number of aliphatic hydroxyl groups excluding tert-OH is 1. The summed E-state index contributed by atoms with van der Waals surface area (Å²) in [7, 11) is 0. The first-order chi connectivity index (χ1) is 16.9. The predicted octanol–water partition coefficient (Wildman–Crippen LogP) is 7.14. The topological polar surface area (TPSA) is 42.0 Å². The van der Waals surface area contributed by atoms with Gasteiger partial charge < -0.3 is 14.6 Å². The van der Waals surface area contributed by atoms with Gasteiger partial charge in [-0.3, -0.25) is 0 Å². The molecule has 5 rings (SSSR count). The molecular formula is C29H23F3O3. The number of epoxide rings is 1. The van der Waals surface area contributed by atoms with Crippen molar-refractivity contribution in [3.05, 3.63) is 113 Å². The Morgan fingerprint density at radius 2 is 1.49 bits per heavy atom. The molecule has 2 atom stereocenters. The maximum atomic E-state index is 14.7. The van der Waals surface area contributed by atoms with E-state index in [1.165, 1.54) is 18.2 Å². The van der Waals surface area contributed by atoms with Crippen molar-refractivity contribution in [1.29, 1.82) is 0 Å². The van der Waals surface area contributed by atoms with Crippen LogP contribution in [0.2, 0.25) is 0 Å². The van der Waals surface area contributed by atoms with Gasteiger partial charge in [-0.15, -0.1) is 0 Å². The normalized spacial score (nSPS) is 15.6. The predicted molar refractivity (Wildman–Crippen MR) is 127 cm³/mol. The molecule has 2 unspecified atom stereocenters. The summed E-state index contributed by atoms with van der Waals surface area (Å²) >= 11 is 0. The molecule has 6 heteroatoms. The average Bonchev–Trinajstić information content (AvgIpc) is 3.71. The molecule has 0 aromatic heterocycles. The van der Waals surface area contributed by atoms with Gasteiger partial charge in [0.05, 0.1) is 12.7 Å². The van der Waals surface area contributed by atoms with E-state index in [1.54, 1.807) is 61.5 Å². The first-order valence-corrected chi connectivity index (χ1v) is 11.3. The van der Waals surface area contributed by atoms with E-state index in [0.29, 0.717) is 28.9 Å². The minimum Gasteiger partial charge on any atom is -0.486 e. The largest absolute Gasteiger partial charge is 0.486 e. The van der Waals surface area contributed by atoms with Crippen molar-refractivity contribution in [2.75, 3.05) is 6.61 Å². The lowest BCUT2D eigenvalue weighted by atomic mass is 10.0. The lowest BCUT2D eigenvalue weighted by Gasteiger charge is -2.12. The molecule has 1 heterocycles. The van der Waals surface area contributed by atoms with Crippen molar-refractivity contribution < 1.29 is 27.8 Å². The highest BCUT2D eigenvalue weighted by atomic mass is 19.2. The number of hydrogen-bond donors (Lipinski definition) is 1. The van der Waals surface area contributed by atoms with E-state index >= 15 is 0 Å². The van der Waals surface area contributed by atoms with E-state index in [4.69, 9.17) is 9.47 Å². The molecule has 0 aliphatic carbocycles. The lowest BCUT2D eigenvalue weighted by molar-refractivity contribution is 0.199. The number of hydrogen-bond acceptors (Lipinski definition) is 3. The van der Waals surface area contributed by atoms with E-state index in [1.807, 2.05) is 6.07 Å². The molecule has 178 valence electrons. The van der Waals surface area contributed by atoms with Crippen LogP contribution in [0.5, 0.6) is 5.75 Å². The van der Waals surface area contributed by atoms with Gasteiger partial charge in [-0.2, -0.15) is 4.39 Å². The Morgan fingerprint density at radius 1 is 0.857 bits per heavy atom. The van der Waals surface area contributed by atoms with Gasteiger partial charge in [0, 0.05) is 11.1 Å². The third kappa shape index (κ3) is 4.94. The van der Waals surface area contributed by atoms with E-state index in [2.05, 4.69) is 0 Å². The monoisotopic (exact) mass is 476 g/mol. The van der Waals surface area contributed by atoms with Gasteiger partial charge in [0.1, 0.15) is 18.5 Å². The summed E-state index contributed by atoms with van der Waals surface area (Å²) < 4.78 is 54.7. The highest BCUT2D eigenvalue weighted by Gasteiger charge is 2.25. The van der Waals surface area contributed by atoms with Crippen molar-refractivity contribution in [2.45, 2.75) is 25.7 Å². The van der Waals surface area contributed by atoms with Gasteiger partial charge in [0.25, 0.3) is 0 Å². The molecule has 4 aromatic rings. The van der Waals surface area contributed by atoms with Gasteiger partial charge in [0.15, 0.2) is 11.6 Å². The zero-order chi connectivity index (χ0) is 24.5. The van der Waals surface area contributed by atoms with Crippen LogP contribution >= 0.6 is 0 Å². The number of halogens is 3.